The maximum atomic E-state index is 12.2. The van der Waals surface area contributed by atoms with Gasteiger partial charge in [-0.05, 0) is 57.7 Å². The van der Waals surface area contributed by atoms with Gasteiger partial charge in [-0.1, -0.05) is 18.2 Å². The third kappa shape index (κ3) is 5.03. The van der Waals surface area contributed by atoms with Gasteiger partial charge in [0.1, 0.15) is 0 Å². The molecule has 3 heteroatoms. The van der Waals surface area contributed by atoms with Crippen molar-refractivity contribution in [2.45, 2.75) is 46.6 Å². The molecule has 1 atom stereocenters. The smallest absolute Gasteiger partial charge is 0.225 e. The van der Waals surface area contributed by atoms with Gasteiger partial charge < -0.3 is 11.1 Å². The number of carbonyl (C=O) groups excluding carboxylic acids is 1. The first kappa shape index (κ1) is 15.7. The van der Waals surface area contributed by atoms with Gasteiger partial charge in [0.05, 0.1) is 5.92 Å². The van der Waals surface area contributed by atoms with E-state index >= 15 is 0 Å². The molecule has 0 fully saturated rings. The van der Waals surface area contributed by atoms with Crippen molar-refractivity contribution >= 4 is 5.91 Å². The second-order valence-electron chi connectivity index (χ2n) is 6.29. The molecule has 0 heterocycles. The molecule has 0 radical (unpaired) electrons. The summed E-state index contributed by atoms with van der Waals surface area (Å²) < 4.78 is 0. The van der Waals surface area contributed by atoms with Crippen LogP contribution in [0.4, 0.5) is 0 Å². The van der Waals surface area contributed by atoms with Gasteiger partial charge in [-0.3, -0.25) is 4.79 Å². The molecule has 0 saturated heterocycles. The Balaban J connectivity index is 2.76. The van der Waals surface area contributed by atoms with Gasteiger partial charge in [-0.2, -0.15) is 0 Å². The fourth-order valence-electron chi connectivity index (χ4n) is 1.97. The zero-order valence-corrected chi connectivity index (χ0v) is 12.7. The number of nitrogens with two attached hydrogens (primary N) is 1. The Labute approximate surface area is 116 Å². The predicted octanol–water partition coefficient (Wildman–Crippen LogP) is 2.34. The third-order valence-corrected chi connectivity index (χ3v) is 3.21. The van der Waals surface area contributed by atoms with Gasteiger partial charge in [0.25, 0.3) is 0 Å². The quantitative estimate of drug-likeness (QED) is 0.875. The van der Waals surface area contributed by atoms with E-state index in [1.165, 1.54) is 16.7 Å². The first-order valence-electron chi connectivity index (χ1n) is 6.81. The zero-order chi connectivity index (χ0) is 14.6. The van der Waals surface area contributed by atoms with Crippen LogP contribution in [0.3, 0.4) is 0 Å². The molecule has 1 amide bonds. The molecule has 1 aromatic carbocycles. The van der Waals surface area contributed by atoms with E-state index in [0.29, 0.717) is 13.0 Å². The molecule has 0 aliphatic heterocycles. The van der Waals surface area contributed by atoms with Gasteiger partial charge in [-0.15, -0.1) is 0 Å². The summed E-state index contributed by atoms with van der Waals surface area (Å²) in [6.45, 7) is 10.5. The average Bonchev–Trinajstić information content (AvgIpc) is 2.28. The van der Waals surface area contributed by atoms with Gasteiger partial charge in [-0.25, -0.2) is 0 Å². The van der Waals surface area contributed by atoms with Crippen molar-refractivity contribution < 1.29 is 4.79 Å². The number of carbonyl (C=O) groups is 1. The monoisotopic (exact) mass is 262 g/mol. The number of hydrogen-bond acceptors (Lipinski definition) is 2. The summed E-state index contributed by atoms with van der Waals surface area (Å²) >= 11 is 0. The number of nitrogens with one attached hydrogen (secondary N) is 1. The van der Waals surface area contributed by atoms with Crippen molar-refractivity contribution in [3.63, 3.8) is 0 Å². The maximum absolute atomic E-state index is 12.2. The average molecular weight is 262 g/mol. The Morgan fingerprint density at radius 1 is 1.26 bits per heavy atom. The molecule has 1 aromatic rings. The molecule has 0 aliphatic carbocycles. The molecule has 0 saturated carbocycles. The van der Waals surface area contributed by atoms with E-state index in [-0.39, 0.29) is 17.4 Å². The summed E-state index contributed by atoms with van der Waals surface area (Å²) in [4.78, 5) is 12.2. The minimum absolute atomic E-state index is 0.0354. The number of aryl methyl sites for hydroxylation is 2. The van der Waals surface area contributed by atoms with Gasteiger partial charge in [0.2, 0.25) is 5.91 Å². The fourth-order valence-corrected chi connectivity index (χ4v) is 1.97. The zero-order valence-electron chi connectivity index (χ0n) is 12.7. The molecule has 106 valence electrons. The second kappa shape index (κ2) is 6.20. The predicted molar refractivity (Wildman–Crippen MR) is 80.1 cm³/mol. The molecule has 1 unspecified atom stereocenters. The maximum Gasteiger partial charge on any atom is 0.225 e. The lowest BCUT2D eigenvalue weighted by atomic mass is 9.95. The lowest BCUT2D eigenvalue weighted by Crippen LogP contribution is -2.46. The lowest BCUT2D eigenvalue weighted by molar-refractivity contribution is -0.126. The Hall–Kier alpha value is -1.35. The molecule has 0 bridgehead atoms. The summed E-state index contributed by atoms with van der Waals surface area (Å²) in [7, 11) is 0. The summed E-state index contributed by atoms with van der Waals surface area (Å²) in [6, 6.07) is 6.32. The van der Waals surface area contributed by atoms with Gasteiger partial charge >= 0.3 is 0 Å². The van der Waals surface area contributed by atoms with Crippen molar-refractivity contribution in [3.05, 3.63) is 34.9 Å². The van der Waals surface area contributed by atoms with Crippen LogP contribution < -0.4 is 11.1 Å². The number of benzene rings is 1. The molecule has 3 nitrogen and oxygen atoms in total. The standard InChI is InChI=1S/C16H26N2O/c1-11-6-7-13(8-12(11)2)9-14(10-17)15(19)18-16(3,4)5/h6-8,14H,9-10,17H2,1-5H3,(H,18,19). The van der Waals surface area contributed by atoms with Crippen LogP contribution in [0.5, 0.6) is 0 Å². The first-order chi connectivity index (χ1) is 8.73. The number of hydrogen-bond donors (Lipinski definition) is 2. The number of rotatable bonds is 4. The van der Waals surface area contributed by atoms with E-state index in [9.17, 15) is 4.79 Å². The van der Waals surface area contributed by atoms with E-state index in [1.807, 2.05) is 20.8 Å². The highest BCUT2D eigenvalue weighted by atomic mass is 16.2. The molecule has 0 aliphatic rings. The lowest BCUT2D eigenvalue weighted by Gasteiger charge is -2.24. The Bertz CT molecular complexity index is 447. The topological polar surface area (TPSA) is 55.1 Å². The summed E-state index contributed by atoms with van der Waals surface area (Å²) in [5, 5.41) is 3.00. The van der Waals surface area contributed by atoms with E-state index in [2.05, 4.69) is 37.4 Å². The highest BCUT2D eigenvalue weighted by Gasteiger charge is 2.22. The van der Waals surface area contributed by atoms with Crippen molar-refractivity contribution in [1.29, 1.82) is 0 Å². The Morgan fingerprint density at radius 2 is 1.89 bits per heavy atom. The Kier molecular flexibility index (Phi) is 5.12. The molecular formula is C16H26N2O. The SMILES string of the molecule is Cc1ccc(CC(CN)C(=O)NC(C)(C)C)cc1C. The van der Waals surface area contributed by atoms with Crippen LogP contribution in [0.1, 0.15) is 37.5 Å². The fraction of sp³-hybridized carbons (Fsp3) is 0.562. The summed E-state index contributed by atoms with van der Waals surface area (Å²) in [5.41, 5.74) is 9.23. The van der Waals surface area contributed by atoms with Crippen LogP contribution in [0.25, 0.3) is 0 Å². The normalized spacial score (nSPS) is 13.2. The first-order valence-corrected chi connectivity index (χ1v) is 6.81. The molecule has 3 N–H and O–H groups in total. The number of amides is 1. The highest BCUT2D eigenvalue weighted by molar-refractivity contribution is 5.79. The molecular weight excluding hydrogens is 236 g/mol. The van der Waals surface area contributed by atoms with Crippen LogP contribution in [0, 0.1) is 19.8 Å². The van der Waals surface area contributed by atoms with Crippen LogP contribution in [-0.4, -0.2) is 18.0 Å². The van der Waals surface area contributed by atoms with E-state index in [4.69, 9.17) is 5.73 Å². The third-order valence-electron chi connectivity index (χ3n) is 3.21. The van der Waals surface area contributed by atoms with Crippen molar-refractivity contribution in [2.24, 2.45) is 11.7 Å². The minimum atomic E-state index is -0.215. The van der Waals surface area contributed by atoms with Gasteiger partial charge in [0.15, 0.2) is 0 Å². The minimum Gasteiger partial charge on any atom is -0.351 e. The van der Waals surface area contributed by atoms with E-state index in [0.717, 1.165) is 0 Å². The van der Waals surface area contributed by atoms with E-state index < -0.39 is 0 Å². The summed E-state index contributed by atoms with van der Waals surface area (Å²) in [6.07, 6.45) is 0.694. The largest absolute Gasteiger partial charge is 0.351 e. The van der Waals surface area contributed by atoms with Crippen molar-refractivity contribution in [3.8, 4) is 0 Å². The van der Waals surface area contributed by atoms with Crippen LogP contribution in [0.2, 0.25) is 0 Å². The van der Waals surface area contributed by atoms with Gasteiger partial charge in [0, 0.05) is 12.1 Å². The van der Waals surface area contributed by atoms with Crippen molar-refractivity contribution in [1.82, 2.24) is 5.32 Å². The molecule has 0 aromatic heterocycles. The molecule has 1 rings (SSSR count). The molecule has 19 heavy (non-hydrogen) atoms. The highest BCUT2D eigenvalue weighted by Crippen LogP contribution is 2.14. The molecule has 0 spiro atoms. The second-order valence-corrected chi connectivity index (χ2v) is 6.29. The Morgan fingerprint density at radius 3 is 2.37 bits per heavy atom. The summed E-state index contributed by atoms with van der Waals surface area (Å²) in [5.74, 6) is -0.130. The van der Waals surface area contributed by atoms with E-state index in [1.54, 1.807) is 0 Å². The van der Waals surface area contributed by atoms with Crippen LogP contribution in [-0.2, 0) is 11.2 Å². The van der Waals surface area contributed by atoms with Crippen molar-refractivity contribution in [2.75, 3.05) is 6.54 Å². The van der Waals surface area contributed by atoms with Crippen LogP contribution in [0.15, 0.2) is 18.2 Å². The van der Waals surface area contributed by atoms with Crippen LogP contribution >= 0.6 is 0 Å².